The number of benzene rings is 1. The largest absolute Gasteiger partial charge is 0.376 e. The first-order valence-electron chi connectivity index (χ1n) is 6.33. The Hall–Kier alpha value is -1.44. The molecule has 0 unspecified atom stereocenters. The second-order valence-electron chi connectivity index (χ2n) is 4.99. The smallest absolute Gasteiger partial charge is 0.251 e. The minimum atomic E-state index is -3.73. The molecule has 0 aromatic heterocycles. The Morgan fingerprint density at radius 3 is 2.35 bits per heavy atom. The van der Waals surface area contributed by atoms with E-state index in [1.165, 1.54) is 24.3 Å². The van der Waals surface area contributed by atoms with Gasteiger partial charge < -0.3 is 10.1 Å². The van der Waals surface area contributed by atoms with E-state index in [0.29, 0.717) is 12.1 Å². The fourth-order valence-corrected chi connectivity index (χ4v) is 2.68. The van der Waals surface area contributed by atoms with E-state index < -0.39 is 10.0 Å². The maximum absolute atomic E-state index is 12.0. The van der Waals surface area contributed by atoms with Gasteiger partial charge in [-0.15, -0.1) is 0 Å². The molecule has 20 heavy (non-hydrogen) atoms. The van der Waals surface area contributed by atoms with Crippen LogP contribution >= 0.6 is 0 Å². The number of amides is 1. The zero-order valence-corrected chi connectivity index (χ0v) is 12.1. The summed E-state index contributed by atoms with van der Waals surface area (Å²) in [5, 5.41) is 7.80. The van der Waals surface area contributed by atoms with Gasteiger partial charge in [0.05, 0.1) is 10.5 Å². The van der Waals surface area contributed by atoms with Crippen molar-refractivity contribution in [3.63, 3.8) is 0 Å². The van der Waals surface area contributed by atoms with Gasteiger partial charge in [0, 0.05) is 19.2 Å². The molecule has 3 N–H and O–H groups in total. The van der Waals surface area contributed by atoms with Crippen LogP contribution in [0, 0.1) is 0 Å². The summed E-state index contributed by atoms with van der Waals surface area (Å²) in [4.78, 5) is 11.9. The van der Waals surface area contributed by atoms with Gasteiger partial charge in [0.25, 0.3) is 5.91 Å². The van der Waals surface area contributed by atoms with Crippen molar-refractivity contribution in [3.05, 3.63) is 29.8 Å². The van der Waals surface area contributed by atoms with Crippen molar-refractivity contribution in [2.45, 2.75) is 29.8 Å². The molecule has 1 fully saturated rings. The van der Waals surface area contributed by atoms with Crippen LogP contribution in [0.2, 0.25) is 0 Å². The topological polar surface area (TPSA) is 98.5 Å². The Morgan fingerprint density at radius 1 is 1.35 bits per heavy atom. The summed E-state index contributed by atoms with van der Waals surface area (Å²) in [6.45, 7) is 0.458. The number of methoxy groups -OCH3 is 1. The van der Waals surface area contributed by atoms with Crippen LogP contribution in [0.3, 0.4) is 0 Å². The van der Waals surface area contributed by atoms with Crippen molar-refractivity contribution >= 4 is 15.9 Å². The van der Waals surface area contributed by atoms with Crippen molar-refractivity contribution in [1.82, 2.24) is 5.32 Å². The highest BCUT2D eigenvalue weighted by molar-refractivity contribution is 7.89. The summed E-state index contributed by atoms with van der Waals surface area (Å²) < 4.78 is 27.6. The Kier molecular flexibility index (Phi) is 4.12. The Bertz CT molecular complexity index is 586. The van der Waals surface area contributed by atoms with E-state index in [4.69, 9.17) is 9.88 Å². The lowest BCUT2D eigenvalue weighted by Crippen LogP contribution is -2.49. The molecule has 1 saturated carbocycles. The van der Waals surface area contributed by atoms with Crippen LogP contribution in [0.15, 0.2) is 29.2 Å². The molecular weight excluding hydrogens is 280 g/mol. The van der Waals surface area contributed by atoms with Gasteiger partial charge in [-0.05, 0) is 43.5 Å². The molecule has 1 amide bonds. The third-order valence-electron chi connectivity index (χ3n) is 3.71. The van der Waals surface area contributed by atoms with Crippen LogP contribution in [-0.4, -0.2) is 33.6 Å². The molecule has 0 aliphatic heterocycles. The third kappa shape index (κ3) is 3.17. The average molecular weight is 298 g/mol. The SMILES string of the molecule is COC1(CNC(=O)c2ccc(S(N)(=O)=O)cc2)CCC1. The number of nitrogens with one attached hydrogen (secondary N) is 1. The van der Waals surface area contributed by atoms with Crippen molar-refractivity contribution in [2.24, 2.45) is 5.14 Å². The van der Waals surface area contributed by atoms with Gasteiger partial charge in [-0.3, -0.25) is 4.79 Å². The molecule has 0 spiro atoms. The Balaban J connectivity index is 1.99. The summed E-state index contributed by atoms with van der Waals surface area (Å²) in [6, 6.07) is 5.52. The number of carbonyl (C=O) groups excluding carboxylic acids is 1. The van der Waals surface area contributed by atoms with Crippen molar-refractivity contribution < 1.29 is 17.9 Å². The Labute approximate surface area is 118 Å². The number of hydrogen-bond donors (Lipinski definition) is 2. The van der Waals surface area contributed by atoms with Gasteiger partial charge in [-0.2, -0.15) is 0 Å². The molecule has 0 heterocycles. The van der Waals surface area contributed by atoms with Crippen LogP contribution in [-0.2, 0) is 14.8 Å². The minimum Gasteiger partial charge on any atom is -0.376 e. The number of rotatable bonds is 5. The number of carbonyl (C=O) groups is 1. The van der Waals surface area contributed by atoms with Crippen LogP contribution in [0.1, 0.15) is 29.6 Å². The lowest BCUT2D eigenvalue weighted by atomic mass is 9.80. The minimum absolute atomic E-state index is 0.0126. The Morgan fingerprint density at radius 2 is 1.95 bits per heavy atom. The van der Waals surface area contributed by atoms with Crippen molar-refractivity contribution in [1.29, 1.82) is 0 Å². The second kappa shape index (κ2) is 5.51. The van der Waals surface area contributed by atoms with Gasteiger partial charge in [0.2, 0.25) is 10.0 Å². The highest BCUT2D eigenvalue weighted by atomic mass is 32.2. The zero-order valence-electron chi connectivity index (χ0n) is 11.3. The zero-order chi connectivity index (χ0) is 14.8. The quantitative estimate of drug-likeness (QED) is 0.833. The fraction of sp³-hybridized carbons (Fsp3) is 0.462. The summed E-state index contributed by atoms with van der Waals surface area (Å²) in [5.41, 5.74) is 0.152. The van der Waals surface area contributed by atoms with Gasteiger partial charge in [0.15, 0.2) is 0 Å². The summed E-state index contributed by atoms with van der Waals surface area (Å²) in [6.07, 6.45) is 2.98. The van der Waals surface area contributed by atoms with E-state index in [1.807, 2.05) is 0 Å². The standard InChI is InChI=1S/C13H18N2O4S/c1-19-13(7-2-8-13)9-15-12(16)10-3-5-11(6-4-10)20(14,17)18/h3-6H,2,7-9H2,1H3,(H,15,16)(H2,14,17,18). The molecule has 7 heteroatoms. The summed E-state index contributed by atoms with van der Waals surface area (Å²) in [7, 11) is -2.09. The predicted molar refractivity (Wildman–Crippen MR) is 73.7 cm³/mol. The van der Waals surface area contributed by atoms with Gasteiger partial charge in [0.1, 0.15) is 0 Å². The molecule has 1 aromatic carbocycles. The van der Waals surface area contributed by atoms with Crippen LogP contribution < -0.4 is 10.5 Å². The average Bonchev–Trinajstić information content (AvgIpc) is 2.37. The molecule has 6 nitrogen and oxygen atoms in total. The molecule has 2 rings (SSSR count). The number of hydrogen-bond acceptors (Lipinski definition) is 4. The highest BCUT2D eigenvalue weighted by Gasteiger charge is 2.37. The van der Waals surface area contributed by atoms with E-state index in [2.05, 4.69) is 5.32 Å². The first-order chi connectivity index (χ1) is 9.36. The monoisotopic (exact) mass is 298 g/mol. The van der Waals surface area contributed by atoms with Crippen molar-refractivity contribution in [3.8, 4) is 0 Å². The lowest BCUT2D eigenvalue weighted by molar-refractivity contribution is -0.0679. The molecular formula is C13H18N2O4S. The van der Waals surface area contributed by atoms with E-state index in [0.717, 1.165) is 19.3 Å². The number of nitrogens with two attached hydrogens (primary N) is 1. The summed E-state index contributed by atoms with van der Waals surface area (Å²) in [5.74, 6) is -0.255. The van der Waals surface area contributed by atoms with Gasteiger partial charge >= 0.3 is 0 Å². The van der Waals surface area contributed by atoms with Crippen LogP contribution in [0.25, 0.3) is 0 Å². The first kappa shape index (κ1) is 15.0. The maximum Gasteiger partial charge on any atom is 0.251 e. The summed E-state index contributed by atoms with van der Waals surface area (Å²) >= 11 is 0. The predicted octanol–water partition coefficient (Wildman–Crippen LogP) is 0.633. The van der Waals surface area contributed by atoms with Gasteiger partial charge in [-0.1, -0.05) is 0 Å². The normalized spacial score (nSPS) is 17.3. The van der Waals surface area contributed by atoms with E-state index in [-0.39, 0.29) is 16.4 Å². The number of primary sulfonamides is 1. The molecule has 1 aliphatic rings. The van der Waals surface area contributed by atoms with E-state index in [9.17, 15) is 13.2 Å². The lowest BCUT2D eigenvalue weighted by Gasteiger charge is -2.40. The highest BCUT2D eigenvalue weighted by Crippen LogP contribution is 2.34. The maximum atomic E-state index is 12.0. The molecule has 0 saturated heterocycles. The molecule has 1 aliphatic carbocycles. The molecule has 0 radical (unpaired) electrons. The second-order valence-corrected chi connectivity index (χ2v) is 6.55. The fourth-order valence-electron chi connectivity index (χ4n) is 2.16. The van der Waals surface area contributed by atoms with E-state index >= 15 is 0 Å². The van der Waals surface area contributed by atoms with E-state index in [1.54, 1.807) is 7.11 Å². The number of ether oxygens (including phenoxy) is 1. The van der Waals surface area contributed by atoms with Gasteiger partial charge in [-0.25, -0.2) is 13.6 Å². The number of sulfonamides is 1. The molecule has 1 aromatic rings. The molecule has 0 atom stereocenters. The van der Waals surface area contributed by atoms with Crippen LogP contribution in [0.5, 0.6) is 0 Å². The molecule has 110 valence electrons. The van der Waals surface area contributed by atoms with Crippen LogP contribution in [0.4, 0.5) is 0 Å². The third-order valence-corrected chi connectivity index (χ3v) is 4.64. The molecule has 0 bridgehead atoms. The first-order valence-corrected chi connectivity index (χ1v) is 7.87. The van der Waals surface area contributed by atoms with Crippen molar-refractivity contribution in [2.75, 3.05) is 13.7 Å².